The van der Waals surface area contributed by atoms with Crippen molar-refractivity contribution < 1.29 is 19.1 Å². The molecule has 0 bridgehead atoms. The second-order valence-electron chi connectivity index (χ2n) is 9.03. The number of halogens is 2. The van der Waals surface area contributed by atoms with Crippen molar-refractivity contribution in [2.24, 2.45) is 5.73 Å². The number of amides is 3. The molecule has 36 heavy (non-hydrogen) atoms. The van der Waals surface area contributed by atoms with Crippen LogP contribution in [0.3, 0.4) is 0 Å². The Kier molecular flexibility index (Phi) is 8.50. The Morgan fingerprint density at radius 2 is 1.89 bits per heavy atom. The number of urea groups is 1. The first-order valence-corrected chi connectivity index (χ1v) is 12.7. The van der Waals surface area contributed by atoms with Crippen molar-refractivity contribution in [2.45, 2.75) is 50.8 Å². The van der Waals surface area contributed by atoms with Crippen molar-refractivity contribution in [1.82, 2.24) is 20.2 Å². The van der Waals surface area contributed by atoms with E-state index in [1.807, 2.05) is 14.0 Å². The van der Waals surface area contributed by atoms with Gasteiger partial charge in [0, 0.05) is 12.1 Å². The largest absolute Gasteiger partial charge is 0.489 e. The quantitative estimate of drug-likeness (QED) is 0.491. The molecule has 0 radical (unpaired) electrons. The van der Waals surface area contributed by atoms with Crippen molar-refractivity contribution in [3.05, 3.63) is 40.3 Å². The molecule has 0 saturated carbocycles. The van der Waals surface area contributed by atoms with Gasteiger partial charge in [0.2, 0.25) is 0 Å². The molecule has 0 aromatic carbocycles. The zero-order valence-electron chi connectivity index (χ0n) is 20.2. The lowest BCUT2D eigenvalue weighted by Crippen LogP contribution is -2.43. The fourth-order valence-electron chi connectivity index (χ4n) is 4.53. The van der Waals surface area contributed by atoms with Gasteiger partial charge in [0.15, 0.2) is 23.0 Å². The Balaban J connectivity index is 1.64. The van der Waals surface area contributed by atoms with E-state index >= 15 is 0 Å². The van der Waals surface area contributed by atoms with Crippen LogP contribution in [-0.4, -0.2) is 71.7 Å². The van der Waals surface area contributed by atoms with Gasteiger partial charge in [-0.2, -0.15) is 0 Å². The zero-order chi connectivity index (χ0) is 25.8. The monoisotopic (exact) mass is 536 g/mol. The first-order valence-electron chi connectivity index (χ1n) is 11.9. The summed E-state index contributed by atoms with van der Waals surface area (Å²) in [5.74, 6) is -0.618. The number of carbonyl (C=O) groups is 2. The number of ether oxygens (including phenoxy) is 2. The van der Waals surface area contributed by atoms with Crippen LogP contribution < -0.4 is 25.4 Å². The predicted octanol–water partition coefficient (Wildman–Crippen LogP) is 3.50. The second kappa shape index (κ2) is 11.6. The van der Waals surface area contributed by atoms with Gasteiger partial charge in [0.1, 0.15) is 23.0 Å². The number of primary amides is 1. The lowest BCUT2D eigenvalue weighted by Gasteiger charge is -2.25. The molecule has 1 unspecified atom stereocenters. The highest BCUT2D eigenvalue weighted by atomic mass is 35.5. The third kappa shape index (κ3) is 6.00. The molecule has 2 fully saturated rings. The Bertz CT molecular complexity index is 1110. The first-order chi connectivity index (χ1) is 17.2. The normalized spacial score (nSPS) is 20.8. The van der Waals surface area contributed by atoms with Crippen LogP contribution >= 0.6 is 23.2 Å². The van der Waals surface area contributed by atoms with E-state index in [-0.39, 0.29) is 51.5 Å². The number of nitrogens with two attached hydrogens (primary N) is 1. The van der Waals surface area contributed by atoms with Crippen LogP contribution in [0.2, 0.25) is 10.3 Å². The minimum atomic E-state index is -1.07. The highest BCUT2D eigenvalue weighted by Crippen LogP contribution is 2.32. The summed E-state index contributed by atoms with van der Waals surface area (Å²) in [7, 11) is 2.02. The van der Waals surface area contributed by atoms with Crippen molar-refractivity contribution in [3.63, 3.8) is 0 Å². The van der Waals surface area contributed by atoms with Crippen LogP contribution in [0.15, 0.2) is 24.3 Å². The molecule has 3 amide bonds. The second-order valence-corrected chi connectivity index (χ2v) is 9.80. The lowest BCUT2D eigenvalue weighted by atomic mass is 10.1. The van der Waals surface area contributed by atoms with Crippen LogP contribution in [-0.2, 0) is 0 Å². The van der Waals surface area contributed by atoms with E-state index in [4.69, 9.17) is 38.4 Å². The smallest absolute Gasteiger partial charge is 0.327 e. The van der Waals surface area contributed by atoms with E-state index in [1.165, 1.54) is 12.1 Å². The number of carbonyl (C=O) groups excluding carboxylic acids is 2. The number of anilines is 1. The van der Waals surface area contributed by atoms with E-state index in [0.29, 0.717) is 11.5 Å². The van der Waals surface area contributed by atoms with Crippen molar-refractivity contribution >= 4 is 41.0 Å². The lowest BCUT2D eigenvalue weighted by molar-refractivity contribution is 0.0981. The molecular weight excluding hydrogens is 507 g/mol. The molecule has 10 nitrogen and oxygen atoms in total. The summed E-state index contributed by atoms with van der Waals surface area (Å²) in [6, 6.07) is 5.39. The number of likely N-dealkylation sites (N-methyl/N-ethyl adjacent to an activating group) is 1. The molecule has 194 valence electrons. The van der Waals surface area contributed by atoms with Gasteiger partial charge >= 0.3 is 6.03 Å². The van der Waals surface area contributed by atoms with Gasteiger partial charge in [-0.3, -0.25) is 4.79 Å². The summed E-state index contributed by atoms with van der Waals surface area (Å²) >= 11 is 12.2. The number of likely N-dealkylation sites (tertiary alicyclic amines) is 1. The minimum Gasteiger partial charge on any atom is -0.489 e. The first kappa shape index (κ1) is 26.4. The maximum atomic E-state index is 13.7. The average Bonchev–Trinajstić information content (AvgIpc) is 3.52. The molecule has 2 aromatic rings. The van der Waals surface area contributed by atoms with E-state index in [2.05, 4.69) is 20.2 Å². The summed E-state index contributed by atoms with van der Waals surface area (Å²) in [4.78, 5) is 37.5. The van der Waals surface area contributed by atoms with Crippen molar-refractivity contribution in [1.29, 1.82) is 0 Å². The average molecular weight is 537 g/mol. The molecule has 2 aliphatic rings. The Morgan fingerprint density at radius 1 is 1.17 bits per heavy atom. The molecular formula is C24H30Cl2N6O4. The molecule has 12 heteroatoms. The minimum absolute atomic E-state index is 0.0582. The maximum absolute atomic E-state index is 13.7. The number of hydrogen-bond donors (Lipinski definition) is 2. The van der Waals surface area contributed by atoms with Crippen LogP contribution in [0.25, 0.3) is 0 Å². The van der Waals surface area contributed by atoms with Gasteiger partial charge in [-0.1, -0.05) is 23.2 Å². The van der Waals surface area contributed by atoms with Gasteiger partial charge in [-0.05, 0) is 77.0 Å². The number of nitrogens with zero attached hydrogens (tertiary/aromatic N) is 4. The Labute approximate surface area is 220 Å². The van der Waals surface area contributed by atoms with Gasteiger partial charge in [-0.25, -0.2) is 19.7 Å². The van der Waals surface area contributed by atoms with Crippen LogP contribution in [0, 0.1) is 0 Å². The van der Waals surface area contributed by atoms with Crippen LogP contribution in [0.4, 0.5) is 10.6 Å². The van der Waals surface area contributed by atoms with Crippen molar-refractivity contribution in [2.75, 3.05) is 31.6 Å². The van der Waals surface area contributed by atoms with E-state index in [0.717, 1.165) is 38.8 Å². The number of imide groups is 1. The summed E-state index contributed by atoms with van der Waals surface area (Å²) in [5.41, 5.74) is 5.50. The fourth-order valence-corrected chi connectivity index (χ4v) is 4.82. The van der Waals surface area contributed by atoms with Gasteiger partial charge in [0.05, 0.1) is 0 Å². The molecule has 0 aliphatic carbocycles. The fraction of sp³-hybridized carbons (Fsp3) is 0.500. The zero-order valence-corrected chi connectivity index (χ0v) is 21.8. The molecule has 3 N–H and O–H groups in total. The number of pyridine rings is 2. The van der Waals surface area contributed by atoms with Gasteiger partial charge in [0.25, 0.3) is 5.91 Å². The molecule has 2 aromatic heterocycles. The van der Waals surface area contributed by atoms with Crippen molar-refractivity contribution in [3.8, 4) is 11.5 Å². The Hall–Kier alpha value is -2.66. The molecule has 4 heterocycles. The summed E-state index contributed by atoms with van der Waals surface area (Å²) < 4.78 is 12.1. The number of hydrogen-bond acceptors (Lipinski definition) is 8. The van der Waals surface area contributed by atoms with E-state index in [9.17, 15) is 9.59 Å². The molecule has 3 atom stereocenters. The van der Waals surface area contributed by atoms with E-state index < -0.39 is 11.9 Å². The summed E-state index contributed by atoms with van der Waals surface area (Å²) in [6.45, 7) is 4.14. The molecule has 2 aliphatic heterocycles. The SMILES string of the molecule is CC(Oc1ccc(Cl)nc1N(C(N)=O)C(=O)c1nc(Cl)ccc1OC[C@H]1CCCN1C)[C@@H]1CCCN1. The van der Waals surface area contributed by atoms with Crippen LogP contribution in [0.5, 0.6) is 11.5 Å². The highest BCUT2D eigenvalue weighted by molar-refractivity contribution is 6.30. The number of rotatable bonds is 8. The third-order valence-corrected chi connectivity index (χ3v) is 6.97. The standard InChI is InChI=1S/C24H30Cl2N6O4/c1-14(16-6-3-11-28-16)36-18-8-10-20(26)30-22(18)32(24(27)34)23(33)21-17(7-9-19(25)29-21)35-13-15-5-4-12-31(15)2/h7-10,14-16,28H,3-6,11-13H2,1-2H3,(H2,27,34)/t14?,15-,16+/m1/s1. The predicted molar refractivity (Wildman–Crippen MR) is 137 cm³/mol. The molecule has 4 rings (SSSR count). The Morgan fingerprint density at radius 3 is 2.53 bits per heavy atom. The summed E-state index contributed by atoms with van der Waals surface area (Å²) in [5, 5.41) is 3.49. The maximum Gasteiger partial charge on any atom is 0.327 e. The molecule has 2 saturated heterocycles. The highest BCUT2D eigenvalue weighted by Gasteiger charge is 2.33. The number of nitrogens with one attached hydrogen (secondary N) is 1. The van der Waals surface area contributed by atoms with E-state index in [1.54, 1.807) is 12.1 Å². The topological polar surface area (TPSA) is 123 Å². The van der Waals surface area contributed by atoms with Gasteiger partial charge in [-0.15, -0.1) is 0 Å². The van der Waals surface area contributed by atoms with Gasteiger partial charge < -0.3 is 25.4 Å². The molecule has 0 spiro atoms. The number of aromatic nitrogens is 2. The summed E-state index contributed by atoms with van der Waals surface area (Å²) in [6.07, 6.45) is 3.78. The third-order valence-electron chi connectivity index (χ3n) is 6.55. The van der Waals surface area contributed by atoms with Crippen LogP contribution in [0.1, 0.15) is 43.1 Å².